The predicted octanol–water partition coefficient (Wildman–Crippen LogP) is 2.45. The van der Waals surface area contributed by atoms with Crippen LogP contribution in [0.4, 0.5) is 4.39 Å². The van der Waals surface area contributed by atoms with Crippen LogP contribution in [0, 0.1) is 5.82 Å². The first-order valence-corrected chi connectivity index (χ1v) is 9.56. The van der Waals surface area contributed by atoms with E-state index in [1.54, 1.807) is 12.1 Å². The van der Waals surface area contributed by atoms with Gasteiger partial charge in [0, 0.05) is 0 Å². The molecule has 0 amide bonds. The Morgan fingerprint density at radius 2 is 1.33 bits per heavy atom. The van der Waals surface area contributed by atoms with Crippen molar-refractivity contribution < 1.29 is 9.13 Å². The second-order valence-electron chi connectivity index (χ2n) is 4.85. The monoisotopic (exact) mass is 338 g/mol. The Bertz CT molecular complexity index is 770. The third-order valence-electron chi connectivity index (χ3n) is 3.50. The molecule has 102 valence electrons. The Kier molecular flexibility index (Phi) is 3.05. The number of halogens is 1. The van der Waals surface area contributed by atoms with Crippen molar-refractivity contribution in [3.05, 3.63) is 78.6 Å². The summed E-state index contributed by atoms with van der Waals surface area (Å²) in [5, 5.41) is 0. The fraction of sp³-hybridized carbons (Fsp3) is 0. The minimum atomic E-state index is -1.76. The maximum atomic E-state index is 13.7. The van der Waals surface area contributed by atoms with Crippen LogP contribution in [0.5, 0.6) is 11.5 Å². The van der Waals surface area contributed by atoms with Gasteiger partial charge in [-0.2, -0.15) is 0 Å². The molecule has 0 atom stereocenters. The van der Waals surface area contributed by atoms with Crippen LogP contribution in [-0.4, -0.2) is 14.7 Å². The standard InChI is InChI=1S/C18H12AsFO/c20-14-7-5-6-13(12-14)19-15-8-1-3-10-17(15)21-18-11-4-2-9-16(18)19/h1-12H. The Hall–Kier alpha value is -2.05. The average molecular weight is 338 g/mol. The van der Waals surface area contributed by atoms with Crippen LogP contribution in [0.2, 0.25) is 0 Å². The fourth-order valence-corrected chi connectivity index (χ4v) is 7.75. The van der Waals surface area contributed by atoms with Crippen molar-refractivity contribution in [3.8, 4) is 11.5 Å². The first-order valence-electron chi connectivity index (χ1n) is 6.74. The summed E-state index contributed by atoms with van der Waals surface area (Å²) in [5.41, 5.74) is 0. The molecule has 1 nitrogen and oxygen atoms in total. The van der Waals surface area contributed by atoms with Gasteiger partial charge in [0.25, 0.3) is 0 Å². The van der Waals surface area contributed by atoms with E-state index in [9.17, 15) is 4.39 Å². The minimum absolute atomic E-state index is 0.177. The molecule has 1 aliphatic rings. The molecule has 4 rings (SSSR count). The Labute approximate surface area is 127 Å². The number of fused-ring (bicyclic) bond motifs is 2. The van der Waals surface area contributed by atoms with E-state index >= 15 is 0 Å². The molecule has 0 aliphatic carbocycles. The summed E-state index contributed by atoms with van der Waals surface area (Å²) >= 11 is -1.76. The normalized spacial score (nSPS) is 13.2. The zero-order chi connectivity index (χ0) is 14.2. The Morgan fingerprint density at radius 1 is 0.714 bits per heavy atom. The molecule has 0 bridgehead atoms. The summed E-state index contributed by atoms with van der Waals surface area (Å²) < 4.78 is 23.2. The summed E-state index contributed by atoms with van der Waals surface area (Å²) in [5.74, 6) is 1.63. The second kappa shape index (κ2) is 5.05. The Morgan fingerprint density at radius 3 is 1.95 bits per heavy atom. The molecule has 0 radical (unpaired) electrons. The molecule has 0 N–H and O–H groups in total. The summed E-state index contributed by atoms with van der Waals surface area (Å²) in [4.78, 5) is 0. The van der Waals surface area contributed by atoms with Crippen molar-refractivity contribution in [1.82, 2.24) is 0 Å². The van der Waals surface area contributed by atoms with Gasteiger partial charge in [0.05, 0.1) is 0 Å². The van der Waals surface area contributed by atoms with Crippen LogP contribution in [0.1, 0.15) is 0 Å². The van der Waals surface area contributed by atoms with Gasteiger partial charge in [0.2, 0.25) is 0 Å². The number of hydrogen-bond acceptors (Lipinski definition) is 1. The molecule has 3 aromatic rings. The van der Waals surface area contributed by atoms with Crippen molar-refractivity contribution in [2.75, 3.05) is 0 Å². The van der Waals surface area contributed by atoms with Crippen molar-refractivity contribution >= 4 is 27.7 Å². The number of benzene rings is 3. The molecule has 3 aromatic carbocycles. The van der Waals surface area contributed by atoms with E-state index in [-0.39, 0.29) is 5.82 Å². The van der Waals surface area contributed by atoms with Gasteiger partial charge >= 0.3 is 127 Å². The number of rotatable bonds is 1. The zero-order valence-electron chi connectivity index (χ0n) is 11.2. The predicted molar refractivity (Wildman–Crippen MR) is 84.0 cm³/mol. The number of hydrogen-bond donors (Lipinski definition) is 0. The molecule has 0 aromatic heterocycles. The van der Waals surface area contributed by atoms with Crippen molar-refractivity contribution in [2.24, 2.45) is 0 Å². The molecule has 0 fully saturated rings. The van der Waals surface area contributed by atoms with Gasteiger partial charge in [-0.3, -0.25) is 0 Å². The third-order valence-corrected chi connectivity index (χ3v) is 8.74. The molecule has 0 spiro atoms. The van der Waals surface area contributed by atoms with Crippen LogP contribution >= 0.6 is 0 Å². The van der Waals surface area contributed by atoms with Crippen LogP contribution in [0.25, 0.3) is 0 Å². The van der Waals surface area contributed by atoms with Crippen molar-refractivity contribution in [1.29, 1.82) is 0 Å². The van der Waals surface area contributed by atoms with E-state index < -0.39 is 14.7 Å². The van der Waals surface area contributed by atoms with Crippen molar-refractivity contribution in [3.63, 3.8) is 0 Å². The zero-order valence-corrected chi connectivity index (χ0v) is 13.0. The topological polar surface area (TPSA) is 9.23 Å². The van der Waals surface area contributed by atoms with E-state index in [1.807, 2.05) is 42.5 Å². The van der Waals surface area contributed by atoms with Gasteiger partial charge in [-0.05, 0) is 0 Å². The van der Waals surface area contributed by atoms with E-state index in [2.05, 4.69) is 12.1 Å². The average Bonchev–Trinajstić information content (AvgIpc) is 2.52. The van der Waals surface area contributed by atoms with E-state index in [1.165, 1.54) is 14.8 Å². The maximum absolute atomic E-state index is 13.7. The van der Waals surface area contributed by atoms with Crippen molar-refractivity contribution in [2.45, 2.75) is 0 Å². The molecular weight excluding hydrogens is 326 g/mol. The molecular formula is C18H12AsFO. The third kappa shape index (κ3) is 2.16. The van der Waals surface area contributed by atoms with E-state index in [0.29, 0.717) is 0 Å². The summed E-state index contributed by atoms with van der Waals surface area (Å²) in [6.07, 6.45) is 0. The number of ether oxygens (including phenoxy) is 1. The molecule has 1 heterocycles. The van der Waals surface area contributed by atoms with Gasteiger partial charge in [-0.15, -0.1) is 0 Å². The van der Waals surface area contributed by atoms with Crippen LogP contribution in [0.15, 0.2) is 72.8 Å². The molecule has 0 saturated heterocycles. The summed E-state index contributed by atoms with van der Waals surface area (Å²) in [6.45, 7) is 0. The fourth-order valence-electron chi connectivity index (χ4n) is 2.60. The van der Waals surface area contributed by atoms with E-state index in [4.69, 9.17) is 4.74 Å². The molecule has 0 unspecified atom stereocenters. The van der Waals surface area contributed by atoms with Gasteiger partial charge < -0.3 is 0 Å². The molecule has 1 aliphatic heterocycles. The molecule has 3 heteroatoms. The van der Waals surface area contributed by atoms with Crippen LogP contribution < -0.4 is 17.8 Å². The Balaban J connectivity index is 1.97. The number of para-hydroxylation sites is 2. The summed E-state index contributed by atoms with van der Waals surface area (Å²) in [7, 11) is 0. The van der Waals surface area contributed by atoms with Gasteiger partial charge in [0.15, 0.2) is 0 Å². The summed E-state index contributed by atoms with van der Waals surface area (Å²) in [6, 6.07) is 23.2. The van der Waals surface area contributed by atoms with Crippen LogP contribution in [-0.2, 0) is 0 Å². The van der Waals surface area contributed by atoms with Gasteiger partial charge in [0.1, 0.15) is 0 Å². The van der Waals surface area contributed by atoms with Crippen LogP contribution in [0.3, 0.4) is 0 Å². The molecule has 0 saturated carbocycles. The van der Waals surface area contributed by atoms with E-state index in [0.717, 1.165) is 15.9 Å². The second-order valence-corrected chi connectivity index (χ2v) is 9.37. The quantitative estimate of drug-likeness (QED) is 0.485. The first-order chi connectivity index (χ1) is 10.3. The SMILES string of the molecule is Fc1cccc([As]2c3ccccc3Oc3ccccc32)c1. The van der Waals surface area contributed by atoms with Gasteiger partial charge in [-0.25, -0.2) is 0 Å². The van der Waals surface area contributed by atoms with Gasteiger partial charge in [-0.1, -0.05) is 0 Å². The molecule has 21 heavy (non-hydrogen) atoms. The first kappa shape index (κ1) is 12.7.